The summed E-state index contributed by atoms with van der Waals surface area (Å²) in [5.41, 5.74) is 10.9. The Morgan fingerprint density at radius 1 is 1.38 bits per heavy atom. The molecule has 6 nitrogen and oxygen atoms in total. The van der Waals surface area contributed by atoms with E-state index in [4.69, 9.17) is 16.3 Å². The number of methoxy groups -OCH3 is 1. The minimum Gasteiger partial charge on any atom is -0.385 e. The maximum Gasteiger partial charge on any atom is 0.149 e. The van der Waals surface area contributed by atoms with Crippen LogP contribution in [-0.4, -0.2) is 32.1 Å². The molecule has 1 atom stereocenters. The van der Waals surface area contributed by atoms with Crippen molar-refractivity contribution < 1.29 is 9.53 Å². The zero-order valence-electron chi connectivity index (χ0n) is 10.00. The number of Topliss-reactive ketones (excluding diaryl/α,β-unsaturated/α-hetero) is 1. The van der Waals surface area contributed by atoms with Crippen molar-refractivity contribution in [2.45, 2.75) is 38.1 Å². The molecular formula is C10H24N4O2. The molecule has 0 aliphatic heterocycles. The molecule has 0 fully saturated rings. The third-order valence-corrected chi connectivity index (χ3v) is 2.35. The number of carbonyl (C=O) groups is 1. The van der Waals surface area contributed by atoms with Crippen LogP contribution in [0.5, 0.6) is 0 Å². The Morgan fingerprint density at radius 2 is 2.12 bits per heavy atom. The average Bonchev–Trinajstić information content (AvgIpc) is 2.28. The second kappa shape index (κ2) is 11.0. The minimum absolute atomic E-state index is 0.127. The average molecular weight is 232 g/mol. The number of hydrogen-bond donors (Lipinski definition) is 4. The molecule has 6 heteroatoms. The van der Waals surface area contributed by atoms with E-state index in [0.29, 0.717) is 13.0 Å². The Morgan fingerprint density at radius 3 is 2.75 bits per heavy atom. The molecule has 0 aliphatic carbocycles. The highest BCUT2D eigenvalue weighted by Gasteiger charge is 2.11. The van der Waals surface area contributed by atoms with Crippen molar-refractivity contribution in [3.8, 4) is 0 Å². The predicted octanol–water partition coefficient (Wildman–Crippen LogP) is -0.552. The molecule has 96 valence electrons. The Kier molecular flexibility index (Phi) is 10.6. The van der Waals surface area contributed by atoms with Gasteiger partial charge in [0.05, 0.1) is 6.04 Å². The van der Waals surface area contributed by atoms with Crippen LogP contribution >= 0.6 is 0 Å². The fourth-order valence-electron chi connectivity index (χ4n) is 1.39. The SMILES string of the molecule is COCCCC(=O)C(N)CCCCNNN. The van der Waals surface area contributed by atoms with Crippen LogP contribution < -0.4 is 22.5 Å². The van der Waals surface area contributed by atoms with E-state index in [-0.39, 0.29) is 11.8 Å². The number of hydrogen-bond acceptors (Lipinski definition) is 6. The zero-order valence-corrected chi connectivity index (χ0v) is 10.00. The van der Waals surface area contributed by atoms with Crippen molar-refractivity contribution in [3.05, 3.63) is 0 Å². The molecule has 0 saturated heterocycles. The summed E-state index contributed by atoms with van der Waals surface area (Å²) in [6.07, 6.45) is 3.87. The minimum atomic E-state index is -0.331. The van der Waals surface area contributed by atoms with E-state index in [1.54, 1.807) is 7.11 Å². The smallest absolute Gasteiger partial charge is 0.149 e. The normalized spacial score (nSPS) is 12.7. The molecule has 0 radical (unpaired) electrons. The highest BCUT2D eigenvalue weighted by molar-refractivity contribution is 5.83. The lowest BCUT2D eigenvalue weighted by Gasteiger charge is -2.10. The summed E-state index contributed by atoms with van der Waals surface area (Å²) in [5.74, 6) is 5.16. The first kappa shape index (κ1) is 15.5. The highest BCUT2D eigenvalue weighted by atomic mass is 16.5. The summed E-state index contributed by atoms with van der Waals surface area (Å²) in [6, 6.07) is -0.331. The van der Waals surface area contributed by atoms with E-state index in [1.165, 1.54) is 0 Å². The Labute approximate surface area is 97.0 Å². The summed E-state index contributed by atoms with van der Waals surface area (Å²) in [5, 5.41) is 0. The van der Waals surface area contributed by atoms with Crippen molar-refractivity contribution in [2.75, 3.05) is 20.3 Å². The predicted molar refractivity (Wildman–Crippen MR) is 63.3 cm³/mol. The molecule has 0 aliphatic rings. The summed E-state index contributed by atoms with van der Waals surface area (Å²) in [4.78, 5) is 11.5. The number of unbranched alkanes of at least 4 members (excludes halogenated alkanes) is 1. The van der Waals surface area contributed by atoms with Crippen molar-refractivity contribution in [3.63, 3.8) is 0 Å². The van der Waals surface area contributed by atoms with E-state index in [0.717, 1.165) is 32.2 Å². The summed E-state index contributed by atoms with van der Waals surface area (Å²) < 4.78 is 4.88. The molecule has 1 unspecified atom stereocenters. The summed E-state index contributed by atoms with van der Waals surface area (Å²) in [6.45, 7) is 1.39. The van der Waals surface area contributed by atoms with Gasteiger partial charge in [0, 0.05) is 26.7 Å². The molecule has 0 rings (SSSR count). The third kappa shape index (κ3) is 8.75. The first-order valence-corrected chi connectivity index (χ1v) is 5.68. The van der Waals surface area contributed by atoms with Crippen molar-refractivity contribution >= 4 is 5.78 Å². The number of rotatable bonds is 11. The zero-order chi connectivity index (χ0) is 12.2. The topological polar surface area (TPSA) is 102 Å². The monoisotopic (exact) mass is 232 g/mol. The van der Waals surface area contributed by atoms with E-state index in [2.05, 4.69) is 11.0 Å². The van der Waals surface area contributed by atoms with Crippen LogP contribution in [-0.2, 0) is 9.53 Å². The number of carbonyl (C=O) groups excluding carboxylic acids is 1. The van der Waals surface area contributed by atoms with Crippen LogP contribution in [0.3, 0.4) is 0 Å². The maximum absolute atomic E-state index is 11.5. The highest BCUT2D eigenvalue weighted by Crippen LogP contribution is 2.03. The molecule has 0 bridgehead atoms. The van der Waals surface area contributed by atoms with Gasteiger partial charge in [-0.05, 0) is 19.3 Å². The van der Waals surface area contributed by atoms with Gasteiger partial charge in [0.15, 0.2) is 0 Å². The molecule has 0 aromatic carbocycles. The Balaban J connectivity index is 3.40. The second-order valence-electron chi connectivity index (χ2n) is 3.74. The first-order valence-electron chi connectivity index (χ1n) is 5.68. The van der Waals surface area contributed by atoms with E-state index in [1.807, 2.05) is 0 Å². The van der Waals surface area contributed by atoms with Gasteiger partial charge in [0.2, 0.25) is 0 Å². The standard InChI is InChI=1S/C10H24N4O2/c1-16-8-4-6-10(15)9(11)5-2-3-7-13-14-12/h9,13-14H,2-8,11-12H2,1H3. The molecule has 6 N–H and O–H groups in total. The van der Waals surface area contributed by atoms with Crippen LogP contribution in [0, 0.1) is 0 Å². The summed E-state index contributed by atoms with van der Waals surface area (Å²) in [7, 11) is 1.63. The number of nitrogens with two attached hydrogens (primary N) is 2. The first-order chi connectivity index (χ1) is 7.72. The molecule has 0 heterocycles. The second-order valence-corrected chi connectivity index (χ2v) is 3.74. The number of nitrogens with one attached hydrogen (secondary N) is 2. The third-order valence-electron chi connectivity index (χ3n) is 2.35. The number of hydrazine groups is 2. The van der Waals surface area contributed by atoms with Gasteiger partial charge in [-0.2, -0.15) is 5.53 Å². The van der Waals surface area contributed by atoms with Gasteiger partial charge in [0.25, 0.3) is 0 Å². The van der Waals surface area contributed by atoms with Crippen molar-refractivity contribution in [1.29, 1.82) is 0 Å². The number of ether oxygens (including phenoxy) is 1. The molecule has 0 aromatic rings. The molecule has 0 spiro atoms. The van der Waals surface area contributed by atoms with Gasteiger partial charge in [-0.3, -0.25) is 10.6 Å². The van der Waals surface area contributed by atoms with Gasteiger partial charge < -0.3 is 10.5 Å². The summed E-state index contributed by atoms with van der Waals surface area (Å²) >= 11 is 0. The molecule has 0 aromatic heterocycles. The fraction of sp³-hybridized carbons (Fsp3) is 0.900. The van der Waals surface area contributed by atoms with Gasteiger partial charge in [-0.15, -0.1) is 0 Å². The van der Waals surface area contributed by atoms with Crippen LogP contribution in [0.1, 0.15) is 32.1 Å². The van der Waals surface area contributed by atoms with Crippen LogP contribution in [0.2, 0.25) is 0 Å². The Hall–Kier alpha value is -0.530. The molecule has 16 heavy (non-hydrogen) atoms. The van der Waals surface area contributed by atoms with Crippen molar-refractivity contribution in [1.82, 2.24) is 11.0 Å². The van der Waals surface area contributed by atoms with Gasteiger partial charge >= 0.3 is 0 Å². The largest absolute Gasteiger partial charge is 0.385 e. The van der Waals surface area contributed by atoms with Crippen LogP contribution in [0.25, 0.3) is 0 Å². The lowest BCUT2D eigenvalue weighted by molar-refractivity contribution is -0.120. The lowest BCUT2D eigenvalue weighted by atomic mass is 10.0. The van der Waals surface area contributed by atoms with Crippen molar-refractivity contribution in [2.24, 2.45) is 11.6 Å². The van der Waals surface area contributed by atoms with Gasteiger partial charge in [-0.25, -0.2) is 5.43 Å². The van der Waals surface area contributed by atoms with E-state index >= 15 is 0 Å². The van der Waals surface area contributed by atoms with E-state index < -0.39 is 0 Å². The maximum atomic E-state index is 11.5. The van der Waals surface area contributed by atoms with Crippen LogP contribution in [0.4, 0.5) is 0 Å². The quantitative estimate of drug-likeness (QED) is 0.216. The fourth-order valence-corrected chi connectivity index (χ4v) is 1.39. The van der Waals surface area contributed by atoms with Crippen LogP contribution in [0.15, 0.2) is 0 Å². The Bertz CT molecular complexity index is 178. The lowest BCUT2D eigenvalue weighted by Crippen LogP contribution is -2.38. The van der Waals surface area contributed by atoms with E-state index in [9.17, 15) is 4.79 Å². The van der Waals surface area contributed by atoms with Gasteiger partial charge in [-0.1, -0.05) is 6.42 Å². The molecular weight excluding hydrogens is 208 g/mol. The molecule has 0 saturated carbocycles. The number of ketones is 1. The van der Waals surface area contributed by atoms with Gasteiger partial charge in [0.1, 0.15) is 5.78 Å². The molecule has 0 amide bonds.